The van der Waals surface area contributed by atoms with E-state index >= 15 is 0 Å². The highest BCUT2D eigenvalue weighted by Crippen LogP contribution is 2.32. The smallest absolute Gasteiger partial charge is 0.310 e. The van der Waals surface area contributed by atoms with Gasteiger partial charge < -0.3 is 20.1 Å². The fourth-order valence-electron chi connectivity index (χ4n) is 4.74. The predicted octanol–water partition coefficient (Wildman–Crippen LogP) is 0.186. The lowest BCUT2D eigenvalue weighted by Crippen LogP contribution is -2.58. The summed E-state index contributed by atoms with van der Waals surface area (Å²) >= 11 is 0. The van der Waals surface area contributed by atoms with Crippen LogP contribution in [0.1, 0.15) is 32.1 Å². The molecule has 2 N–H and O–H groups in total. The summed E-state index contributed by atoms with van der Waals surface area (Å²) in [4.78, 5) is 64.6. The van der Waals surface area contributed by atoms with Crippen LogP contribution >= 0.6 is 0 Å². The van der Waals surface area contributed by atoms with Crippen molar-refractivity contribution >= 4 is 35.7 Å². The van der Waals surface area contributed by atoms with Gasteiger partial charge in [-0.15, -0.1) is 0 Å². The molecule has 2 saturated heterocycles. The molecule has 180 valence electrons. The first-order valence-corrected chi connectivity index (χ1v) is 11.0. The number of halogens is 1. The molecule has 10 nitrogen and oxygen atoms in total. The number of rotatable bonds is 5. The van der Waals surface area contributed by atoms with E-state index in [4.69, 9.17) is 0 Å². The lowest BCUT2D eigenvalue weighted by molar-refractivity contribution is -0.155. The van der Waals surface area contributed by atoms with Crippen LogP contribution in [-0.4, -0.2) is 70.4 Å². The molecule has 1 aromatic carbocycles. The van der Waals surface area contributed by atoms with Gasteiger partial charge in [0.1, 0.15) is 23.9 Å². The molecule has 3 amide bonds. The summed E-state index contributed by atoms with van der Waals surface area (Å²) in [5.41, 5.74) is 0.173. The van der Waals surface area contributed by atoms with Gasteiger partial charge in [-0.05, 0) is 49.9 Å². The molecule has 0 radical (unpaired) electrons. The van der Waals surface area contributed by atoms with E-state index < -0.39 is 53.9 Å². The number of esters is 1. The maximum Gasteiger partial charge on any atom is 0.310 e. The van der Waals surface area contributed by atoms with E-state index in [0.29, 0.717) is 19.3 Å². The summed E-state index contributed by atoms with van der Waals surface area (Å²) < 4.78 is 18.1. The Kier molecular flexibility index (Phi) is 6.73. The second-order valence-electron chi connectivity index (χ2n) is 8.45. The van der Waals surface area contributed by atoms with Crippen molar-refractivity contribution in [3.05, 3.63) is 42.2 Å². The zero-order valence-electron chi connectivity index (χ0n) is 18.1. The minimum Gasteiger partial charge on any atom is -0.434 e. The number of nitrogens with zero attached hydrogens (tertiary/aromatic N) is 2. The maximum absolute atomic E-state index is 13.8. The standard InChI is InChI=1S/C23H24FN3O7/c24-13-5-7-15(8-6-13)26(19(29)12-28)18-4-2-1-3-14-9-10-17(27(14)22(18)32)21(31)25-16-11-20(30)34-23(16)33/h1-2,5-8,12,14,16-18,23,33H,3-4,9-11H2,(H,25,31)/t14-,16?,17+,18+,23?/m1/s1. The van der Waals surface area contributed by atoms with Crippen LogP contribution in [0.4, 0.5) is 10.1 Å². The van der Waals surface area contributed by atoms with Gasteiger partial charge in [0.25, 0.3) is 5.91 Å². The lowest BCUT2D eigenvalue weighted by Gasteiger charge is -2.37. The molecule has 0 aliphatic carbocycles. The molecule has 3 heterocycles. The minimum absolute atomic E-state index is 0.0866. The van der Waals surface area contributed by atoms with E-state index in [9.17, 15) is 33.5 Å². The van der Waals surface area contributed by atoms with Crippen molar-refractivity contribution in [2.45, 2.75) is 62.6 Å². The van der Waals surface area contributed by atoms with Gasteiger partial charge in [0.15, 0.2) is 0 Å². The first-order chi connectivity index (χ1) is 16.3. The van der Waals surface area contributed by atoms with Crippen LogP contribution in [0.5, 0.6) is 0 Å². The summed E-state index contributed by atoms with van der Waals surface area (Å²) in [6.45, 7) is 0. The van der Waals surface area contributed by atoms with Gasteiger partial charge in [0, 0.05) is 11.7 Å². The Morgan fingerprint density at radius 1 is 1.15 bits per heavy atom. The largest absolute Gasteiger partial charge is 0.434 e. The summed E-state index contributed by atoms with van der Waals surface area (Å²) in [7, 11) is 0. The first-order valence-electron chi connectivity index (χ1n) is 11.0. The van der Waals surface area contributed by atoms with Crippen molar-refractivity contribution < 1.29 is 38.2 Å². The number of benzene rings is 1. The Morgan fingerprint density at radius 3 is 2.50 bits per heavy atom. The number of ether oxygens (including phenoxy) is 1. The number of amides is 3. The van der Waals surface area contributed by atoms with E-state index in [1.54, 1.807) is 6.08 Å². The third kappa shape index (κ3) is 4.56. The van der Waals surface area contributed by atoms with Crippen molar-refractivity contribution in [1.29, 1.82) is 0 Å². The molecule has 11 heteroatoms. The molecule has 5 atom stereocenters. The summed E-state index contributed by atoms with van der Waals surface area (Å²) in [6.07, 6.45) is 3.52. The Labute approximate surface area is 194 Å². The second-order valence-corrected chi connectivity index (χ2v) is 8.45. The van der Waals surface area contributed by atoms with Gasteiger partial charge in [-0.1, -0.05) is 12.2 Å². The summed E-state index contributed by atoms with van der Waals surface area (Å²) in [5, 5.41) is 12.4. The fraction of sp³-hybridized carbons (Fsp3) is 0.435. The molecule has 4 rings (SSSR count). The normalized spacial score (nSPS) is 28.5. The second kappa shape index (κ2) is 9.72. The molecule has 34 heavy (non-hydrogen) atoms. The van der Waals surface area contributed by atoms with Gasteiger partial charge in [-0.3, -0.25) is 28.9 Å². The monoisotopic (exact) mass is 473 g/mol. The summed E-state index contributed by atoms with van der Waals surface area (Å²) in [6, 6.07) is 1.59. The SMILES string of the molecule is O=CC(=O)N(c1ccc(F)cc1)[C@H]1CC=CC[C@@H]2CC[C@@H](C(=O)NC3CC(=O)OC3O)N2C1=O. The number of aldehydes is 1. The molecule has 0 saturated carbocycles. The highest BCUT2D eigenvalue weighted by molar-refractivity contribution is 6.31. The van der Waals surface area contributed by atoms with Crippen LogP contribution in [-0.2, 0) is 28.7 Å². The topological polar surface area (TPSA) is 133 Å². The third-order valence-corrected chi connectivity index (χ3v) is 6.34. The maximum atomic E-state index is 13.8. The van der Waals surface area contributed by atoms with Crippen LogP contribution in [0.3, 0.4) is 0 Å². The number of carbonyl (C=O) groups is 5. The molecule has 0 bridgehead atoms. The van der Waals surface area contributed by atoms with E-state index in [2.05, 4.69) is 10.1 Å². The number of cyclic esters (lactones) is 1. The van der Waals surface area contributed by atoms with Gasteiger partial charge in [-0.2, -0.15) is 0 Å². The third-order valence-electron chi connectivity index (χ3n) is 6.34. The zero-order chi connectivity index (χ0) is 24.4. The Hall–Kier alpha value is -3.60. The van der Waals surface area contributed by atoms with Crippen molar-refractivity contribution in [1.82, 2.24) is 10.2 Å². The number of hydrogen-bond acceptors (Lipinski definition) is 7. The molecule has 2 unspecified atom stereocenters. The average molecular weight is 473 g/mol. The molecular formula is C23H24FN3O7. The van der Waals surface area contributed by atoms with Crippen molar-refractivity contribution in [3.63, 3.8) is 0 Å². The predicted molar refractivity (Wildman–Crippen MR) is 114 cm³/mol. The molecule has 3 aliphatic rings. The average Bonchev–Trinajstić information content (AvgIpc) is 3.36. The van der Waals surface area contributed by atoms with E-state index in [-0.39, 0.29) is 30.9 Å². The molecule has 0 spiro atoms. The van der Waals surface area contributed by atoms with E-state index in [0.717, 1.165) is 17.0 Å². The van der Waals surface area contributed by atoms with Crippen LogP contribution in [0.15, 0.2) is 36.4 Å². The van der Waals surface area contributed by atoms with Crippen LogP contribution in [0.2, 0.25) is 0 Å². The quantitative estimate of drug-likeness (QED) is 0.270. The number of carbonyl (C=O) groups excluding carboxylic acids is 5. The van der Waals surface area contributed by atoms with Crippen molar-refractivity contribution in [2.75, 3.05) is 4.90 Å². The summed E-state index contributed by atoms with van der Waals surface area (Å²) in [5.74, 6) is -3.22. The van der Waals surface area contributed by atoms with E-state index in [1.165, 1.54) is 17.0 Å². The number of aliphatic hydroxyl groups excluding tert-OH is 1. The Bertz CT molecular complexity index is 1030. The number of hydrogen-bond donors (Lipinski definition) is 2. The highest BCUT2D eigenvalue weighted by Gasteiger charge is 2.46. The van der Waals surface area contributed by atoms with Crippen LogP contribution in [0, 0.1) is 5.82 Å². The molecule has 2 fully saturated rings. The van der Waals surface area contributed by atoms with Gasteiger partial charge in [0.05, 0.1) is 6.42 Å². The zero-order valence-corrected chi connectivity index (χ0v) is 18.1. The Balaban J connectivity index is 1.62. The molecule has 0 aromatic heterocycles. The molecule has 1 aromatic rings. The van der Waals surface area contributed by atoms with Crippen molar-refractivity contribution in [3.8, 4) is 0 Å². The van der Waals surface area contributed by atoms with Gasteiger partial charge in [-0.25, -0.2) is 4.39 Å². The van der Waals surface area contributed by atoms with Crippen LogP contribution in [0.25, 0.3) is 0 Å². The minimum atomic E-state index is -1.47. The number of anilines is 1. The number of aliphatic hydroxyl groups is 1. The Morgan fingerprint density at radius 2 is 1.85 bits per heavy atom. The van der Waals surface area contributed by atoms with E-state index in [1.807, 2.05) is 6.08 Å². The molecule has 3 aliphatic heterocycles. The van der Waals surface area contributed by atoms with Gasteiger partial charge in [0.2, 0.25) is 24.4 Å². The van der Waals surface area contributed by atoms with Crippen LogP contribution < -0.4 is 10.2 Å². The highest BCUT2D eigenvalue weighted by atomic mass is 19.1. The lowest BCUT2D eigenvalue weighted by atomic mass is 10.0. The molecular weight excluding hydrogens is 449 g/mol. The van der Waals surface area contributed by atoms with Gasteiger partial charge >= 0.3 is 5.97 Å². The number of fused-ring (bicyclic) bond motifs is 1. The van der Waals surface area contributed by atoms with Crippen molar-refractivity contribution in [2.24, 2.45) is 0 Å². The first kappa shape index (κ1) is 23.6. The fourth-order valence-corrected chi connectivity index (χ4v) is 4.74. The number of nitrogens with one attached hydrogen (secondary N) is 1.